The Kier molecular flexibility index (Phi) is 4.79. The molecule has 0 radical (unpaired) electrons. The van der Waals surface area contributed by atoms with Crippen LogP contribution in [0.5, 0.6) is 0 Å². The fraction of sp³-hybridized carbons (Fsp3) is 0.571. The van der Waals surface area contributed by atoms with Gasteiger partial charge in [-0.05, 0) is 31.2 Å². The fourth-order valence-corrected chi connectivity index (χ4v) is 2.91. The molecule has 1 aromatic carbocycles. The van der Waals surface area contributed by atoms with Crippen molar-refractivity contribution in [1.29, 1.82) is 0 Å². The molecule has 1 aromatic rings. The van der Waals surface area contributed by atoms with Crippen molar-refractivity contribution in [3.63, 3.8) is 0 Å². The summed E-state index contributed by atoms with van der Waals surface area (Å²) in [6.07, 6.45) is 0.982. The molecule has 1 unspecified atom stereocenters. The van der Waals surface area contributed by atoms with Crippen LogP contribution in [0.4, 0.5) is 14.5 Å². The molecule has 5 heteroatoms. The largest absolute Gasteiger partial charge is 0.364 e. The van der Waals surface area contributed by atoms with Crippen molar-refractivity contribution in [2.75, 3.05) is 31.6 Å². The minimum absolute atomic E-state index is 0.122. The van der Waals surface area contributed by atoms with Crippen molar-refractivity contribution in [2.45, 2.75) is 24.7 Å². The number of alkyl halides is 1. The molecule has 2 nitrogen and oxygen atoms in total. The zero-order valence-electron chi connectivity index (χ0n) is 11.3. The first-order chi connectivity index (χ1) is 9.06. The van der Waals surface area contributed by atoms with E-state index in [1.807, 2.05) is 4.90 Å². The van der Waals surface area contributed by atoms with Gasteiger partial charge in [-0.1, -0.05) is 22.9 Å². The van der Waals surface area contributed by atoms with Gasteiger partial charge in [0.05, 0.1) is 0 Å². The van der Waals surface area contributed by atoms with Crippen LogP contribution in [0.15, 0.2) is 12.1 Å². The summed E-state index contributed by atoms with van der Waals surface area (Å²) in [6, 6.07) is 3.17. The lowest BCUT2D eigenvalue weighted by atomic mass is 10.1. The molecular formula is C14H19BrF2N2. The third-order valence-electron chi connectivity index (χ3n) is 3.80. The van der Waals surface area contributed by atoms with Gasteiger partial charge in [0.2, 0.25) is 0 Å². The summed E-state index contributed by atoms with van der Waals surface area (Å²) < 4.78 is 28.2. The number of halogens is 3. The van der Waals surface area contributed by atoms with Crippen molar-refractivity contribution < 1.29 is 8.78 Å². The van der Waals surface area contributed by atoms with Crippen LogP contribution in [-0.2, 0) is 5.33 Å². The van der Waals surface area contributed by atoms with Crippen molar-refractivity contribution in [1.82, 2.24) is 4.90 Å². The van der Waals surface area contributed by atoms with Crippen molar-refractivity contribution >= 4 is 21.6 Å². The van der Waals surface area contributed by atoms with Gasteiger partial charge in [-0.15, -0.1) is 0 Å². The standard InChI is InChI=1S/C14H19BrF2N2/c1-3-11-9-19(5-4-18(11)2)14-12(16)6-10(8-15)7-13(14)17/h6-7,11H,3-5,8-9H2,1-2H3. The second kappa shape index (κ2) is 6.18. The summed E-state index contributed by atoms with van der Waals surface area (Å²) in [4.78, 5) is 4.08. The maximum atomic E-state index is 14.1. The van der Waals surface area contributed by atoms with Gasteiger partial charge in [0.25, 0.3) is 0 Å². The number of anilines is 1. The summed E-state index contributed by atoms with van der Waals surface area (Å²) in [5.74, 6) is -0.928. The summed E-state index contributed by atoms with van der Waals surface area (Å²) >= 11 is 3.22. The predicted octanol–water partition coefficient (Wildman–Crippen LogP) is 3.39. The van der Waals surface area contributed by atoms with E-state index >= 15 is 0 Å². The number of hydrogen-bond donors (Lipinski definition) is 0. The Morgan fingerprint density at radius 2 is 1.89 bits per heavy atom. The second-order valence-electron chi connectivity index (χ2n) is 5.03. The van der Waals surface area contributed by atoms with E-state index in [0.29, 0.717) is 30.0 Å². The van der Waals surface area contributed by atoms with Gasteiger partial charge >= 0.3 is 0 Å². The van der Waals surface area contributed by atoms with Crippen molar-refractivity contribution in [3.8, 4) is 0 Å². The van der Waals surface area contributed by atoms with Gasteiger partial charge in [0.1, 0.15) is 17.3 Å². The van der Waals surface area contributed by atoms with Crippen LogP contribution in [0.2, 0.25) is 0 Å². The molecule has 0 N–H and O–H groups in total. The molecule has 0 aliphatic carbocycles. The molecule has 1 aliphatic rings. The van der Waals surface area contributed by atoms with E-state index in [4.69, 9.17) is 0 Å². The minimum Gasteiger partial charge on any atom is -0.364 e. The average Bonchev–Trinajstić information content (AvgIpc) is 2.39. The first-order valence-corrected chi connectivity index (χ1v) is 7.68. The number of likely N-dealkylation sites (N-methyl/N-ethyl adjacent to an activating group) is 1. The molecule has 0 spiro atoms. The average molecular weight is 333 g/mol. The first-order valence-electron chi connectivity index (χ1n) is 6.55. The SMILES string of the molecule is CCC1CN(c2c(F)cc(CBr)cc2F)CCN1C. The Balaban J connectivity index is 2.27. The van der Waals surface area contributed by atoms with Gasteiger partial charge < -0.3 is 4.90 Å². The highest BCUT2D eigenvalue weighted by atomic mass is 79.9. The number of piperazine rings is 1. The monoisotopic (exact) mass is 332 g/mol. The summed E-state index contributed by atoms with van der Waals surface area (Å²) in [5.41, 5.74) is 0.746. The van der Waals surface area contributed by atoms with Crippen LogP contribution in [0.1, 0.15) is 18.9 Å². The highest BCUT2D eigenvalue weighted by Crippen LogP contribution is 2.28. The van der Waals surface area contributed by atoms with Gasteiger partial charge in [-0.2, -0.15) is 0 Å². The molecule has 106 valence electrons. The zero-order chi connectivity index (χ0) is 14.0. The Morgan fingerprint density at radius 1 is 1.26 bits per heavy atom. The van der Waals surface area contributed by atoms with E-state index < -0.39 is 11.6 Å². The number of rotatable bonds is 3. The van der Waals surface area contributed by atoms with Crippen molar-refractivity contribution in [3.05, 3.63) is 29.3 Å². The first kappa shape index (κ1) is 14.7. The maximum absolute atomic E-state index is 14.1. The molecule has 1 heterocycles. The fourth-order valence-electron chi connectivity index (χ4n) is 2.59. The summed E-state index contributed by atoms with van der Waals surface area (Å²) in [6.45, 7) is 4.27. The maximum Gasteiger partial charge on any atom is 0.149 e. The third kappa shape index (κ3) is 3.08. The van der Waals surface area contributed by atoms with Crippen LogP contribution >= 0.6 is 15.9 Å². The summed E-state index contributed by atoms with van der Waals surface area (Å²) in [7, 11) is 2.06. The van der Waals surface area contributed by atoms with Crippen LogP contribution in [0.3, 0.4) is 0 Å². The lowest BCUT2D eigenvalue weighted by molar-refractivity contribution is 0.212. The molecule has 1 saturated heterocycles. The molecule has 0 saturated carbocycles. The highest BCUT2D eigenvalue weighted by molar-refractivity contribution is 9.08. The van der Waals surface area contributed by atoms with Gasteiger partial charge in [-0.3, -0.25) is 4.90 Å². The van der Waals surface area contributed by atoms with Gasteiger partial charge in [0, 0.05) is 31.0 Å². The molecule has 2 rings (SSSR count). The number of nitrogens with zero attached hydrogens (tertiary/aromatic N) is 2. The van der Waals surface area contributed by atoms with Crippen LogP contribution in [0.25, 0.3) is 0 Å². The molecule has 19 heavy (non-hydrogen) atoms. The van der Waals surface area contributed by atoms with Gasteiger partial charge in [0.15, 0.2) is 0 Å². The summed E-state index contributed by atoms with van der Waals surface area (Å²) in [5, 5.41) is 0.460. The molecule has 0 aromatic heterocycles. The smallest absolute Gasteiger partial charge is 0.149 e. The lowest BCUT2D eigenvalue weighted by Gasteiger charge is -2.40. The Bertz CT molecular complexity index is 430. The molecule has 1 aliphatic heterocycles. The van der Waals surface area contributed by atoms with Crippen LogP contribution in [0, 0.1) is 11.6 Å². The van der Waals surface area contributed by atoms with E-state index in [1.54, 1.807) is 0 Å². The molecule has 0 bridgehead atoms. The normalized spacial score (nSPS) is 20.9. The zero-order valence-corrected chi connectivity index (χ0v) is 12.9. The second-order valence-corrected chi connectivity index (χ2v) is 5.59. The number of benzene rings is 1. The van der Waals surface area contributed by atoms with E-state index in [0.717, 1.165) is 13.0 Å². The van der Waals surface area contributed by atoms with Crippen LogP contribution < -0.4 is 4.90 Å². The number of hydrogen-bond acceptors (Lipinski definition) is 2. The molecule has 1 fully saturated rings. The van der Waals surface area contributed by atoms with E-state index in [-0.39, 0.29) is 5.69 Å². The lowest BCUT2D eigenvalue weighted by Crippen LogP contribution is -2.51. The predicted molar refractivity (Wildman–Crippen MR) is 77.9 cm³/mol. The Labute approximate surface area is 121 Å². The van der Waals surface area contributed by atoms with E-state index in [2.05, 4.69) is 34.8 Å². The quantitative estimate of drug-likeness (QED) is 0.783. The van der Waals surface area contributed by atoms with Crippen LogP contribution in [-0.4, -0.2) is 37.6 Å². The Hall–Kier alpha value is -0.680. The molecule has 0 amide bonds. The molecular weight excluding hydrogens is 314 g/mol. The Morgan fingerprint density at radius 3 is 2.42 bits per heavy atom. The van der Waals surface area contributed by atoms with E-state index in [9.17, 15) is 8.78 Å². The van der Waals surface area contributed by atoms with Gasteiger partial charge in [-0.25, -0.2) is 8.78 Å². The highest BCUT2D eigenvalue weighted by Gasteiger charge is 2.26. The van der Waals surface area contributed by atoms with Crippen molar-refractivity contribution in [2.24, 2.45) is 0 Å². The van der Waals surface area contributed by atoms with E-state index in [1.165, 1.54) is 12.1 Å². The minimum atomic E-state index is -0.464. The topological polar surface area (TPSA) is 6.48 Å². The third-order valence-corrected chi connectivity index (χ3v) is 4.44. The molecule has 1 atom stereocenters.